The molecule has 0 aliphatic rings. The van der Waals surface area contributed by atoms with Crippen molar-refractivity contribution in [3.63, 3.8) is 0 Å². The van der Waals surface area contributed by atoms with Crippen molar-refractivity contribution >= 4 is 22.6 Å². The minimum Gasteiger partial charge on any atom is -0.497 e. The number of amides is 1. The van der Waals surface area contributed by atoms with Crippen LogP contribution in [-0.4, -0.2) is 22.2 Å². The van der Waals surface area contributed by atoms with Gasteiger partial charge in [-0.3, -0.25) is 13.9 Å². The highest BCUT2D eigenvalue weighted by molar-refractivity contribution is 5.91. The third-order valence-corrected chi connectivity index (χ3v) is 4.29. The van der Waals surface area contributed by atoms with E-state index in [-0.39, 0.29) is 18.0 Å². The highest BCUT2D eigenvalue weighted by Crippen LogP contribution is 2.17. The van der Waals surface area contributed by atoms with Gasteiger partial charge in [-0.1, -0.05) is 25.1 Å². The van der Waals surface area contributed by atoms with E-state index >= 15 is 0 Å². The van der Waals surface area contributed by atoms with Gasteiger partial charge in [-0.15, -0.1) is 0 Å². The van der Waals surface area contributed by atoms with Gasteiger partial charge in [0.25, 0.3) is 0 Å². The standard InChI is InChI=1S/C20H23N3O3/c1-3-12-22-17-9-4-5-10-18(17)23(20(22)25)13-11-19(24)21-15-7-6-8-16(14-15)26-2/h4-10,14H,3,11-13H2,1-2H3,(H,21,24). The topological polar surface area (TPSA) is 65.3 Å². The third kappa shape index (κ3) is 3.64. The van der Waals surface area contributed by atoms with E-state index in [0.717, 1.165) is 17.5 Å². The number of carbonyl (C=O) groups is 1. The number of fused-ring (bicyclic) bond motifs is 1. The maximum atomic E-state index is 12.7. The normalized spacial score (nSPS) is 10.8. The maximum Gasteiger partial charge on any atom is 0.329 e. The van der Waals surface area contributed by atoms with Gasteiger partial charge >= 0.3 is 5.69 Å². The van der Waals surface area contributed by atoms with Crippen LogP contribution < -0.4 is 15.7 Å². The van der Waals surface area contributed by atoms with Crippen LogP contribution in [-0.2, 0) is 17.9 Å². The first-order valence-corrected chi connectivity index (χ1v) is 8.76. The summed E-state index contributed by atoms with van der Waals surface area (Å²) in [5.74, 6) is 0.541. The molecule has 1 heterocycles. The molecule has 0 atom stereocenters. The van der Waals surface area contributed by atoms with E-state index in [2.05, 4.69) is 5.32 Å². The van der Waals surface area contributed by atoms with E-state index in [0.29, 0.717) is 24.5 Å². The van der Waals surface area contributed by atoms with E-state index in [1.165, 1.54) is 0 Å². The number of benzene rings is 2. The molecular weight excluding hydrogens is 330 g/mol. The first-order chi connectivity index (χ1) is 12.6. The van der Waals surface area contributed by atoms with Crippen LogP contribution in [0.2, 0.25) is 0 Å². The van der Waals surface area contributed by atoms with Gasteiger partial charge in [0.2, 0.25) is 5.91 Å². The van der Waals surface area contributed by atoms with E-state index in [4.69, 9.17) is 4.74 Å². The molecule has 1 aromatic heterocycles. The molecule has 0 spiro atoms. The van der Waals surface area contributed by atoms with Crippen molar-refractivity contribution in [2.24, 2.45) is 0 Å². The number of anilines is 1. The first-order valence-electron chi connectivity index (χ1n) is 8.76. The summed E-state index contributed by atoms with van der Waals surface area (Å²) in [6.45, 7) is 3.05. The maximum absolute atomic E-state index is 12.7. The summed E-state index contributed by atoms with van der Waals surface area (Å²) < 4.78 is 8.61. The number of imidazole rings is 1. The summed E-state index contributed by atoms with van der Waals surface area (Å²) in [5.41, 5.74) is 2.38. The average molecular weight is 353 g/mol. The van der Waals surface area contributed by atoms with Gasteiger partial charge < -0.3 is 10.1 Å². The van der Waals surface area contributed by atoms with E-state index in [1.807, 2.05) is 43.3 Å². The number of nitrogens with one attached hydrogen (secondary N) is 1. The highest BCUT2D eigenvalue weighted by Gasteiger charge is 2.13. The second kappa shape index (κ2) is 7.91. The van der Waals surface area contributed by atoms with Crippen molar-refractivity contribution in [2.75, 3.05) is 12.4 Å². The molecule has 6 nitrogen and oxygen atoms in total. The minimum atomic E-state index is -0.141. The highest BCUT2D eigenvalue weighted by atomic mass is 16.5. The van der Waals surface area contributed by atoms with Gasteiger partial charge in [0.05, 0.1) is 18.1 Å². The summed E-state index contributed by atoms with van der Waals surface area (Å²) >= 11 is 0. The zero-order valence-electron chi connectivity index (χ0n) is 15.1. The molecule has 0 saturated carbocycles. The van der Waals surface area contributed by atoms with Crippen molar-refractivity contribution in [2.45, 2.75) is 32.9 Å². The largest absolute Gasteiger partial charge is 0.497 e. The van der Waals surface area contributed by atoms with Crippen molar-refractivity contribution in [1.82, 2.24) is 9.13 Å². The molecule has 136 valence electrons. The fourth-order valence-corrected chi connectivity index (χ4v) is 3.07. The number of aryl methyl sites for hydroxylation is 2. The summed E-state index contributed by atoms with van der Waals surface area (Å²) in [6.07, 6.45) is 1.10. The van der Waals surface area contributed by atoms with Crippen LogP contribution in [0.4, 0.5) is 5.69 Å². The monoisotopic (exact) mass is 353 g/mol. The van der Waals surface area contributed by atoms with Crippen molar-refractivity contribution in [3.8, 4) is 5.75 Å². The summed E-state index contributed by atoms with van der Waals surface area (Å²) in [7, 11) is 1.58. The molecule has 3 rings (SSSR count). The molecule has 0 aliphatic carbocycles. The van der Waals surface area contributed by atoms with Gasteiger partial charge in [-0.25, -0.2) is 4.79 Å². The number of ether oxygens (including phenoxy) is 1. The van der Waals surface area contributed by atoms with Crippen LogP contribution in [0.3, 0.4) is 0 Å². The molecule has 26 heavy (non-hydrogen) atoms. The molecular formula is C20H23N3O3. The Morgan fingerprint density at radius 3 is 2.38 bits per heavy atom. The lowest BCUT2D eigenvalue weighted by molar-refractivity contribution is -0.116. The minimum absolute atomic E-state index is 0.0674. The summed E-state index contributed by atoms with van der Waals surface area (Å²) in [6, 6.07) is 14.9. The fraction of sp³-hybridized carbons (Fsp3) is 0.300. The number of carbonyl (C=O) groups excluding carboxylic acids is 1. The Morgan fingerprint density at radius 1 is 1.04 bits per heavy atom. The number of hydrogen-bond acceptors (Lipinski definition) is 3. The zero-order valence-corrected chi connectivity index (χ0v) is 15.1. The Balaban J connectivity index is 1.76. The van der Waals surface area contributed by atoms with Crippen molar-refractivity contribution in [1.29, 1.82) is 0 Å². The molecule has 0 bridgehead atoms. The van der Waals surface area contributed by atoms with Crippen molar-refractivity contribution < 1.29 is 9.53 Å². The molecule has 0 saturated heterocycles. The van der Waals surface area contributed by atoms with Crippen LogP contribution in [0.25, 0.3) is 11.0 Å². The third-order valence-electron chi connectivity index (χ3n) is 4.29. The quantitative estimate of drug-likeness (QED) is 0.709. The second-order valence-corrected chi connectivity index (χ2v) is 6.10. The van der Waals surface area contributed by atoms with Crippen LogP contribution in [0.5, 0.6) is 5.75 Å². The number of hydrogen-bond donors (Lipinski definition) is 1. The Labute approximate surface area is 152 Å². The molecule has 0 aliphatic heterocycles. The van der Waals surface area contributed by atoms with E-state index in [9.17, 15) is 9.59 Å². The van der Waals surface area contributed by atoms with Gasteiger partial charge in [0.15, 0.2) is 0 Å². The Morgan fingerprint density at radius 2 is 1.73 bits per heavy atom. The Hall–Kier alpha value is -3.02. The van der Waals surface area contributed by atoms with Gasteiger partial charge in [-0.2, -0.15) is 0 Å². The van der Waals surface area contributed by atoms with E-state index < -0.39 is 0 Å². The number of methoxy groups -OCH3 is 1. The molecule has 0 radical (unpaired) electrons. The number of nitrogens with zero attached hydrogens (tertiary/aromatic N) is 2. The predicted molar refractivity (Wildman–Crippen MR) is 103 cm³/mol. The molecule has 1 amide bonds. The molecule has 3 aromatic rings. The Kier molecular flexibility index (Phi) is 5.41. The predicted octanol–water partition coefficient (Wildman–Crippen LogP) is 3.25. The van der Waals surface area contributed by atoms with Crippen LogP contribution in [0, 0.1) is 0 Å². The van der Waals surface area contributed by atoms with Crippen LogP contribution >= 0.6 is 0 Å². The molecule has 1 N–H and O–H groups in total. The number of rotatable bonds is 7. The lowest BCUT2D eigenvalue weighted by Crippen LogP contribution is -2.26. The van der Waals surface area contributed by atoms with Gasteiger partial charge in [0.1, 0.15) is 5.75 Å². The van der Waals surface area contributed by atoms with Crippen LogP contribution in [0.15, 0.2) is 53.3 Å². The van der Waals surface area contributed by atoms with E-state index in [1.54, 1.807) is 28.4 Å². The Bertz CT molecular complexity index is 972. The summed E-state index contributed by atoms with van der Waals surface area (Å²) in [5, 5.41) is 2.85. The number of aromatic nitrogens is 2. The molecule has 0 fully saturated rings. The lowest BCUT2D eigenvalue weighted by atomic mass is 10.2. The summed E-state index contributed by atoms with van der Waals surface area (Å²) in [4.78, 5) is 25.0. The molecule has 6 heteroatoms. The lowest BCUT2D eigenvalue weighted by Gasteiger charge is -2.07. The number of para-hydroxylation sites is 2. The molecule has 2 aromatic carbocycles. The van der Waals surface area contributed by atoms with Gasteiger partial charge in [0, 0.05) is 31.3 Å². The smallest absolute Gasteiger partial charge is 0.329 e. The first kappa shape index (κ1) is 17.8. The zero-order chi connectivity index (χ0) is 18.5. The average Bonchev–Trinajstić information content (AvgIpc) is 2.92. The fourth-order valence-electron chi connectivity index (χ4n) is 3.07. The SMILES string of the molecule is CCCn1c(=O)n(CCC(=O)Nc2cccc(OC)c2)c2ccccc21. The second-order valence-electron chi connectivity index (χ2n) is 6.10. The van der Waals surface area contributed by atoms with Gasteiger partial charge in [-0.05, 0) is 30.7 Å². The van der Waals surface area contributed by atoms with Crippen molar-refractivity contribution in [3.05, 3.63) is 59.0 Å². The van der Waals surface area contributed by atoms with Crippen LogP contribution in [0.1, 0.15) is 19.8 Å². The molecule has 0 unspecified atom stereocenters.